The van der Waals surface area contributed by atoms with Crippen LogP contribution in [-0.2, 0) is 14.2 Å². The molecule has 4 heteroatoms. The normalized spacial score (nSPS) is 32.3. The van der Waals surface area contributed by atoms with Gasteiger partial charge in [-0.25, -0.2) is 0 Å². The minimum Gasteiger partial charge on any atom is -0.380 e. The Morgan fingerprint density at radius 2 is 1.52 bits per heavy atom. The van der Waals surface area contributed by atoms with Crippen molar-refractivity contribution in [2.45, 2.75) is 176 Å². The van der Waals surface area contributed by atoms with Crippen molar-refractivity contribution in [2.75, 3.05) is 47.1 Å². The second kappa shape index (κ2) is 21.3. The first kappa shape index (κ1) is 42.1. The second-order valence-corrected chi connectivity index (χ2v) is 18.6. The van der Waals surface area contributed by atoms with Crippen LogP contribution in [0.25, 0.3) is 0 Å². The van der Waals surface area contributed by atoms with E-state index in [1.54, 1.807) is 5.57 Å². The molecule has 50 heavy (non-hydrogen) atoms. The highest BCUT2D eigenvalue weighted by Crippen LogP contribution is 2.67. The Hall–Kier alpha value is -0.680. The van der Waals surface area contributed by atoms with E-state index in [9.17, 15) is 0 Å². The zero-order valence-electron chi connectivity index (χ0n) is 34.5. The van der Waals surface area contributed by atoms with Gasteiger partial charge in [-0.05, 0) is 150 Å². The number of hydrogen-bond donors (Lipinski definition) is 0. The topological polar surface area (TPSA) is 30.9 Å². The summed E-state index contributed by atoms with van der Waals surface area (Å²) in [6.45, 7) is 19.0. The zero-order valence-corrected chi connectivity index (χ0v) is 34.5. The van der Waals surface area contributed by atoms with E-state index in [4.69, 9.17) is 14.2 Å². The Bertz CT molecular complexity index is 1010. The summed E-state index contributed by atoms with van der Waals surface area (Å²) in [6, 6.07) is 0.312. The van der Waals surface area contributed by atoms with Crippen LogP contribution in [0.1, 0.15) is 164 Å². The summed E-state index contributed by atoms with van der Waals surface area (Å²) in [5.41, 5.74) is 2.75. The first-order valence-corrected chi connectivity index (χ1v) is 21.9. The van der Waals surface area contributed by atoms with E-state index >= 15 is 0 Å². The summed E-state index contributed by atoms with van der Waals surface area (Å²) in [5, 5.41) is 0. The summed E-state index contributed by atoms with van der Waals surface area (Å²) in [6.07, 6.45) is 32.6. The van der Waals surface area contributed by atoms with Crippen molar-refractivity contribution < 1.29 is 14.2 Å². The smallest absolute Gasteiger partial charge is 0.0644 e. The first-order valence-electron chi connectivity index (χ1n) is 21.9. The fourth-order valence-electron chi connectivity index (χ4n) is 11.2. The summed E-state index contributed by atoms with van der Waals surface area (Å²) >= 11 is 0. The quantitative estimate of drug-likeness (QED) is 0.0742. The molecule has 0 aromatic rings. The number of likely N-dealkylation sites (N-methyl/N-ethyl adjacent to an activating group) is 1. The Labute approximate surface area is 311 Å². The maximum atomic E-state index is 6.54. The molecule has 4 aliphatic carbocycles. The molecular formula is C46H83NO3. The van der Waals surface area contributed by atoms with E-state index in [-0.39, 0.29) is 0 Å². The predicted octanol–water partition coefficient (Wildman–Crippen LogP) is 12.1. The van der Waals surface area contributed by atoms with E-state index < -0.39 is 0 Å². The van der Waals surface area contributed by atoms with Crippen molar-refractivity contribution in [1.82, 2.24) is 4.90 Å². The van der Waals surface area contributed by atoms with E-state index in [0.717, 1.165) is 94.2 Å². The molecule has 0 aliphatic heterocycles. The molecule has 0 aromatic heterocycles. The van der Waals surface area contributed by atoms with Gasteiger partial charge in [-0.1, -0.05) is 97.4 Å². The average molecular weight is 698 g/mol. The highest BCUT2D eigenvalue weighted by atomic mass is 16.5. The molecule has 0 aromatic carbocycles. The summed E-state index contributed by atoms with van der Waals surface area (Å²) in [4.78, 5) is 2.24. The molecule has 0 N–H and O–H groups in total. The van der Waals surface area contributed by atoms with Crippen molar-refractivity contribution in [3.8, 4) is 0 Å². The minimum absolute atomic E-state index is 0.312. The molecule has 290 valence electrons. The number of rotatable bonds is 24. The number of hydrogen-bond acceptors (Lipinski definition) is 4. The highest BCUT2D eigenvalue weighted by molar-refractivity contribution is 5.25. The van der Waals surface area contributed by atoms with Gasteiger partial charge in [-0.3, -0.25) is 0 Å². The van der Waals surface area contributed by atoms with Crippen LogP contribution in [0.2, 0.25) is 0 Å². The maximum absolute atomic E-state index is 6.54. The fourth-order valence-corrected chi connectivity index (χ4v) is 11.2. The third kappa shape index (κ3) is 11.7. The lowest BCUT2D eigenvalue weighted by molar-refractivity contribution is -0.0643. The van der Waals surface area contributed by atoms with Crippen LogP contribution in [0.4, 0.5) is 0 Å². The van der Waals surface area contributed by atoms with Gasteiger partial charge in [0.1, 0.15) is 0 Å². The average Bonchev–Trinajstić information content (AvgIpc) is 3.44. The molecule has 4 rings (SSSR count). The lowest BCUT2D eigenvalue weighted by Crippen LogP contribution is -2.51. The van der Waals surface area contributed by atoms with Crippen molar-refractivity contribution in [3.05, 3.63) is 23.8 Å². The zero-order chi connectivity index (χ0) is 36.0. The molecule has 3 saturated carbocycles. The molecule has 3 unspecified atom stereocenters. The summed E-state index contributed by atoms with van der Waals surface area (Å²) in [5.74, 6) is 5.45. The van der Waals surface area contributed by atoms with Gasteiger partial charge in [0.15, 0.2) is 0 Å². The van der Waals surface area contributed by atoms with E-state index in [1.807, 2.05) is 0 Å². The lowest BCUT2D eigenvalue weighted by Gasteiger charge is -2.58. The molecular weight excluding hydrogens is 615 g/mol. The van der Waals surface area contributed by atoms with Gasteiger partial charge in [-0.2, -0.15) is 0 Å². The van der Waals surface area contributed by atoms with Gasteiger partial charge < -0.3 is 19.1 Å². The molecule has 4 aliphatic rings. The number of fused-ring (bicyclic) bond motifs is 5. The monoisotopic (exact) mass is 698 g/mol. The Morgan fingerprint density at radius 3 is 2.24 bits per heavy atom. The van der Waals surface area contributed by atoms with Crippen molar-refractivity contribution in [2.24, 2.45) is 46.3 Å². The highest BCUT2D eigenvalue weighted by Gasteiger charge is 2.59. The van der Waals surface area contributed by atoms with E-state index in [2.05, 4.69) is 78.8 Å². The number of ether oxygens (including phenoxy) is 3. The molecule has 3 fully saturated rings. The van der Waals surface area contributed by atoms with Crippen LogP contribution in [0.15, 0.2) is 23.8 Å². The van der Waals surface area contributed by atoms with E-state index in [1.165, 1.54) is 96.3 Å². The fraction of sp³-hybridized carbons (Fsp3) is 0.913. The molecule has 0 spiro atoms. The van der Waals surface area contributed by atoms with Gasteiger partial charge in [-0.15, -0.1) is 0 Å². The van der Waals surface area contributed by atoms with Gasteiger partial charge in [0.05, 0.1) is 25.4 Å². The van der Waals surface area contributed by atoms with Crippen LogP contribution in [0.3, 0.4) is 0 Å². The van der Waals surface area contributed by atoms with Gasteiger partial charge >= 0.3 is 0 Å². The number of allylic oxidation sites excluding steroid dienone is 3. The maximum Gasteiger partial charge on any atom is 0.0644 e. The first-order chi connectivity index (χ1) is 24.1. The predicted molar refractivity (Wildman–Crippen MR) is 214 cm³/mol. The van der Waals surface area contributed by atoms with Crippen LogP contribution in [0.5, 0.6) is 0 Å². The second-order valence-electron chi connectivity index (χ2n) is 18.6. The van der Waals surface area contributed by atoms with Crippen molar-refractivity contribution in [3.63, 3.8) is 0 Å². The van der Waals surface area contributed by atoms with Crippen LogP contribution >= 0.6 is 0 Å². The van der Waals surface area contributed by atoms with Gasteiger partial charge in [0.2, 0.25) is 0 Å². The molecule has 0 saturated heterocycles. The molecule has 4 nitrogen and oxygen atoms in total. The summed E-state index contributed by atoms with van der Waals surface area (Å²) in [7, 11) is 4.27. The standard InChI is InChI=1S/C46H83NO3/c1-9-10-11-12-13-14-15-16-30-48-34-39(47(7)8)35-49-31-17-18-32-50-40-26-28-45(5)38(33-40)22-23-41-43-25-24-42(37(4)21-19-20-36(2)3)46(43,6)29-27-44(41)45/h13-14,22,36-37,39-44H,9-12,15-21,23-35H2,1-8H3/t37-,39+,40+,41?,42-,43?,44?,45+,46-/m1/s1. The largest absolute Gasteiger partial charge is 0.380 e. The minimum atomic E-state index is 0.312. The SMILES string of the molecule is CCCCCC=CCCCOC[C@@H](COCCCCO[C@H]1CC[C@@]2(C)C(=CCC3C2CC[C@@]2(C)C3CC[C@@H]2[C@H](C)CCCC(C)C)C1)N(C)C. The Morgan fingerprint density at radius 1 is 0.800 bits per heavy atom. The van der Waals surface area contributed by atoms with Gasteiger partial charge in [0, 0.05) is 19.8 Å². The Kier molecular flexibility index (Phi) is 17.9. The number of unbranched alkanes of at least 4 members (excludes halogenated alkanes) is 5. The molecule has 0 amide bonds. The van der Waals surface area contributed by atoms with Crippen molar-refractivity contribution >= 4 is 0 Å². The van der Waals surface area contributed by atoms with E-state index in [0.29, 0.717) is 23.0 Å². The Balaban J connectivity index is 1.10. The third-order valence-corrected chi connectivity index (χ3v) is 14.4. The summed E-state index contributed by atoms with van der Waals surface area (Å²) < 4.78 is 18.7. The van der Waals surface area contributed by atoms with Crippen LogP contribution in [-0.4, -0.2) is 64.2 Å². The van der Waals surface area contributed by atoms with Crippen LogP contribution in [0, 0.1) is 46.3 Å². The van der Waals surface area contributed by atoms with Crippen LogP contribution < -0.4 is 0 Å². The molecule has 0 heterocycles. The van der Waals surface area contributed by atoms with Gasteiger partial charge in [0.25, 0.3) is 0 Å². The van der Waals surface area contributed by atoms with Crippen molar-refractivity contribution in [1.29, 1.82) is 0 Å². The molecule has 0 radical (unpaired) electrons. The molecule has 0 bridgehead atoms. The molecule has 9 atom stereocenters. The third-order valence-electron chi connectivity index (χ3n) is 14.4. The number of nitrogens with zero attached hydrogens (tertiary/aromatic N) is 1. The lowest BCUT2D eigenvalue weighted by atomic mass is 9.47.